The fraction of sp³-hybridized carbons (Fsp3) is 0.375. The number of benzene rings is 2. The number of aryl methyl sites for hydroxylation is 1. The average Bonchev–Trinajstić information content (AvgIpc) is 2.43. The molecule has 0 radical (unpaired) electrons. The summed E-state index contributed by atoms with van der Waals surface area (Å²) >= 11 is 0. The molecule has 3 nitrogen and oxygen atoms in total. The quantitative estimate of drug-likeness (QED) is 0.739. The van der Waals surface area contributed by atoms with Gasteiger partial charge in [-0.2, -0.15) is 0 Å². The van der Waals surface area contributed by atoms with Gasteiger partial charge in [0.15, 0.2) is 0 Å². The van der Waals surface area contributed by atoms with Crippen molar-refractivity contribution in [3.8, 4) is 0 Å². The van der Waals surface area contributed by atoms with E-state index in [-0.39, 0.29) is 19.3 Å². The average molecular weight is 259 g/mol. The summed E-state index contributed by atoms with van der Waals surface area (Å²) < 4.78 is 0. The van der Waals surface area contributed by atoms with Crippen molar-refractivity contribution in [3.05, 3.63) is 47.5 Å². The molecule has 0 aliphatic heterocycles. The Kier molecular flexibility index (Phi) is 4.91. The lowest BCUT2D eigenvalue weighted by Crippen LogP contribution is -2.36. The predicted molar refractivity (Wildman–Crippen MR) is 78.4 cm³/mol. The van der Waals surface area contributed by atoms with Gasteiger partial charge in [0.25, 0.3) is 0 Å². The molecule has 19 heavy (non-hydrogen) atoms. The minimum absolute atomic E-state index is 0.0342. The van der Waals surface area contributed by atoms with Gasteiger partial charge >= 0.3 is 0 Å². The summed E-state index contributed by atoms with van der Waals surface area (Å²) in [4.78, 5) is 0. The number of rotatable bonds is 6. The fourth-order valence-electron chi connectivity index (χ4n) is 2.18. The Balaban J connectivity index is 1.99. The molecule has 2 rings (SSSR count). The van der Waals surface area contributed by atoms with E-state index in [1.165, 1.54) is 21.9 Å². The number of nitrogens with one attached hydrogen (secondary N) is 1. The minimum Gasteiger partial charge on any atom is -0.395 e. The lowest BCUT2D eigenvalue weighted by atomic mass is 10.0. The summed E-state index contributed by atoms with van der Waals surface area (Å²) in [7, 11) is 0. The molecule has 0 amide bonds. The fourth-order valence-corrected chi connectivity index (χ4v) is 2.18. The van der Waals surface area contributed by atoms with Gasteiger partial charge in [-0.15, -0.1) is 0 Å². The molecule has 0 bridgehead atoms. The summed E-state index contributed by atoms with van der Waals surface area (Å²) in [5.74, 6) is 0. The second kappa shape index (κ2) is 6.66. The summed E-state index contributed by atoms with van der Waals surface area (Å²) in [5.41, 5.74) is 2.54. The molecule has 0 saturated heterocycles. The second-order valence-electron chi connectivity index (χ2n) is 4.95. The third kappa shape index (κ3) is 3.77. The number of fused-ring (bicyclic) bond motifs is 1. The van der Waals surface area contributed by atoms with Crippen LogP contribution in [-0.2, 0) is 6.42 Å². The second-order valence-corrected chi connectivity index (χ2v) is 4.95. The van der Waals surface area contributed by atoms with E-state index in [4.69, 9.17) is 10.2 Å². The number of hydrogen-bond donors (Lipinski definition) is 3. The Bertz CT molecular complexity index is 535. The van der Waals surface area contributed by atoms with Crippen LogP contribution in [-0.4, -0.2) is 36.0 Å². The van der Waals surface area contributed by atoms with Gasteiger partial charge in [0.05, 0.1) is 19.3 Å². The third-order valence-electron chi connectivity index (χ3n) is 3.35. The molecule has 0 aromatic heterocycles. The van der Waals surface area contributed by atoms with Crippen LogP contribution in [0.3, 0.4) is 0 Å². The van der Waals surface area contributed by atoms with Crippen LogP contribution in [0, 0.1) is 6.92 Å². The molecule has 0 aliphatic rings. The maximum atomic E-state index is 8.97. The molecule has 0 aliphatic carbocycles. The first-order valence-electron chi connectivity index (χ1n) is 6.67. The van der Waals surface area contributed by atoms with Gasteiger partial charge in [0.2, 0.25) is 0 Å². The van der Waals surface area contributed by atoms with Gasteiger partial charge in [-0.3, -0.25) is 0 Å². The normalized spacial score (nSPS) is 11.4. The maximum absolute atomic E-state index is 8.97. The van der Waals surface area contributed by atoms with Gasteiger partial charge in [0, 0.05) is 0 Å². The van der Waals surface area contributed by atoms with Gasteiger partial charge in [0.1, 0.15) is 0 Å². The van der Waals surface area contributed by atoms with Crippen molar-refractivity contribution in [1.82, 2.24) is 5.32 Å². The van der Waals surface area contributed by atoms with E-state index in [0.717, 1.165) is 13.0 Å². The molecule has 0 fully saturated rings. The first-order chi connectivity index (χ1) is 9.22. The van der Waals surface area contributed by atoms with Crippen LogP contribution in [0.25, 0.3) is 10.8 Å². The summed E-state index contributed by atoms with van der Waals surface area (Å²) in [6.45, 7) is 2.78. The Hall–Kier alpha value is -1.42. The molecule has 0 saturated carbocycles. The first-order valence-corrected chi connectivity index (χ1v) is 6.67. The molecule has 2 aromatic carbocycles. The lowest BCUT2D eigenvalue weighted by Gasteiger charge is -2.13. The molecule has 0 atom stereocenters. The molecular formula is C16H21NO2. The van der Waals surface area contributed by atoms with Crippen molar-refractivity contribution < 1.29 is 10.2 Å². The van der Waals surface area contributed by atoms with E-state index < -0.39 is 0 Å². The van der Waals surface area contributed by atoms with Crippen molar-refractivity contribution in [2.75, 3.05) is 19.8 Å². The third-order valence-corrected chi connectivity index (χ3v) is 3.35. The summed E-state index contributed by atoms with van der Waals surface area (Å²) in [6.07, 6.45) is 0.889. The zero-order valence-corrected chi connectivity index (χ0v) is 11.3. The van der Waals surface area contributed by atoms with Crippen LogP contribution >= 0.6 is 0 Å². The number of aliphatic hydroxyl groups is 2. The zero-order valence-electron chi connectivity index (χ0n) is 11.3. The van der Waals surface area contributed by atoms with Crippen molar-refractivity contribution in [1.29, 1.82) is 0 Å². The highest BCUT2D eigenvalue weighted by Gasteiger charge is 2.04. The molecule has 0 heterocycles. The summed E-state index contributed by atoms with van der Waals surface area (Å²) in [6, 6.07) is 12.7. The van der Waals surface area contributed by atoms with Crippen LogP contribution in [0.2, 0.25) is 0 Å². The Morgan fingerprint density at radius 1 is 1.00 bits per heavy atom. The smallest absolute Gasteiger partial charge is 0.0607 e. The number of aliphatic hydroxyl groups excluding tert-OH is 2. The van der Waals surface area contributed by atoms with Gasteiger partial charge in [-0.1, -0.05) is 42.0 Å². The standard InChI is InChI=1S/C16H21NO2/c1-12-2-4-15-9-13(3-5-14(15)8-12)6-7-17-16(10-18)11-19/h2-5,8-9,16-19H,6-7,10-11H2,1H3. The molecule has 2 aromatic rings. The van der Waals surface area contributed by atoms with E-state index in [1.54, 1.807) is 0 Å². The molecule has 0 unspecified atom stereocenters. The molecular weight excluding hydrogens is 238 g/mol. The van der Waals surface area contributed by atoms with Gasteiger partial charge in [-0.05, 0) is 36.2 Å². The van der Waals surface area contributed by atoms with E-state index in [1.807, 2.05) is 0 Å². The minimum atomic E-state index is -0.219. The molecule has 102 valence electrons. The SMILES string of the molecule is Cc1ccc2cc(CCNC(CO)CO)ccc2c1. The number of hydrogen-bond acceptors (Lipinski definition) is 3. The predicted octanol–water partition coefficient (Wildman–Crippen LogP) is 1.63. The largest absolute Gasteiger partial charge is 0.395 e. The highest BCUT2D eigenvalue weighted by molar-refractivity contribution is 5.83. The van der Waals surface area contributed by atoms with Crippen molar-refractivity contribution in [2.24, 2.45) is 0 Å². The maximum Gasteiger partial charge on any atom is 0.0607 e. The van der Waals surface area contributed by atoms with Gasteiger partial charge in [-0.25, -0.2) is 0 Å². The van der Waals surface area contributed by atoms with E-state index in [0.29, 0.717) is 0 Å². The monoisotopic (exact) mass is 259 g/mol. The van der Waals surface area contributed by atoms with Crippen LogP contribution in [0.1, 0.15) is 11.1 Å². The highest BCUT2D eigenvalue weighted by atomic mass is 16.3. The van der Waals surface area contributed by atoms with Crippen molar-refractivity contribution in [3.63, 3.8) is 0 Å². The molecule has 3 heteroatoms. The van der Waals surface area contributed by atoms with Crippen molar-refractivity contribution in [2.45, 2.75) is 19.4 Å². The van der Waals surface area contributed by atoms with Crippen LogP contribution < -0.4 is 5.32 Å². The topological polar surface area (TPSA) is 52.5 Å². The Morgan fingerprint density at radius 2 is 1.68 bits per heavy atom. The van der Waals surface area contributed by atoms with Crippen LogP contribution in [0.5, 0.6) is 0 Å². The van der Waals surface area contributed by atoms with E-state index in [2.05, 4.69) is 48.6 Å². The Labute approximate surface area is 113 Å². The first kappa shape index (κ1) is 14.0. The zero-order chi connectivity index (χ0) is 13.7. The van der Waals surface area contributed by atoms with Crippen LogP contribution in [0.4, 0.5) is 0 Å². The van der Waals surface area contributed by atoms with Crippen LogP contribution in [0.15, 0.2) is 36.4 Å². The molecule has 0 spiro atoms. The highest BCUT2D eigenvalue weighted by Crippen LogP contribution is 2.17. The van der Waals surface area contributed by atoms with Gasteiger partial charge < -0.3 is 15.5 Å². The van der Waals surface area contributed by atoms with Crippen molar-refractivity contribution >= 4 is 10.8 Å². The van der Waals surface area contributed by atoms with E-state index in [9.17, 15) is 0 Å². The van der Waals surface area contributed by atoms with E-state index >= 15 is 0 Å². The Morgan fingerprint density at radius 3 is 2.42 bits per heavy atom. The summed E-state index contributed by atoms with van der Waals surface area (Å²) in [5, 5.41) is 23.6. The molecule has 3 N–H and O–H groups in total. The lowest BCUT2D eigenvalue weighted by molar-refractivity contribution is 0.171.